The Morgan fingerprint density at radius 3 is 1.44 bits per heavy atom. The summed E-state index contributed by atoms with van der Waals surface area (Å²) in [4.78, 5) is 12.7. The summed E-state index contributed by atoms with van der Waals surface area (Å²) in [5, 5.41) is 2.82. The molecule has 0 aromatic heterocycles. The van der Waals surface area contributed by atoms with Gasteiger partial charge in [0.2, 0.25) is 0 Å². The first-order valence-electron chi connectivity index (χ1n) is 11.1. The van der Waals surface area contributed by atoms with Crippen LogP contribution in [0.25, 0.3) is 0 Å². The van der Waals surface area contributed by atoms with Crippen LogP contribution in [0.4, 0.5) is 0 Å². The summed E-state index contributed by atoms with van der Waals surface area (Å²) in [6, 6.07) is 30.8. The molecular weight excluding hydrogens is 496 g/mol. The highest BCUT2D eigenvalue weighted by molar-refractivity contribution is 8.04. The van der Waals surface area contributed by atoms with Crippen molar-refractivity contribution >= 4 is 26.0 Å². The number of amides is 1. The molecule has 0 saturated heterocycles. The normalized spacial score (nSPS) is 12.7. The first-order valence-corrected chi connectivity index (χ1v) is 14.0. The molecule has 0 aliphatic carbocycles. The van der Waals surface area contributed by atoms with Crippen LogP contribution >= 0.6 is 0 Å². The van der Waals surface area contributed by atoms with Gasteiger partial charge in [-0.1, -0.05) is 88.6 Å². The van der Waals surface area contributed by atoms with Crippen molar-refractivity contribution in [1.82, 2.24) is 9.03 Å². The minimum atomic E-state index is -4.52. The predicted octanol–water partition coefficient (Wildman–Crippen LogP) is 4.24. The third-order valence-corrected chi connectivity index (χ3v) is 9.78. The van der Waals surface area contributed by atoms with Gasteiger partial charge in [-0.2, -0.15) is 0 Å². The van der Waals surface area contributed by atoms with E-state index in [0.717, 1.165) is 0 Å². The molecule has 1 atom stereocenters. The van der Waals surface area contributed by atoms with Gasteiger partial charge in [0, 0.05) is 5.56 Å². The van der Waals surface area contributed by atoms with E-state index in [4.69, 9.17) is 0 Å². The number of rotatable bonds is 9. The van der Waals surface area contributed by atoms with Crippen LogP contribution in [0, 0.1) is 0 Å². The molecule has 4 rings (SSSR count). The molecule has 0 spiro atoms. The Labute approximate surface area is 211 Å². The molecule has 0 aliphatic heterocycles. The van der Waals surface area contributed by atoms with E-state index in [1.165, 1.54) is 48.5 Å². The predicted molar refractivity (Wildman–Crippen MR) is 137 cm³/mol. The summed E-state index contributed by atoms with van der Waals surface area (Å²) in [6.45, 7) is -0.545. The van der Waals surface area contributed by atoms with Gasteiger partial charge in [0.1, 0.15) is 0 Å². The van der Waals surface area contributed by atoms with Crippen LogP contribution in [-0.2, 0) is 20.0 Å². The Bertz CT molecular complexity index is 1440. The van der Waals surface area contributed by atoms with E-state index in [1.54, 1.807) is 72.8 Å². The Balaban J connectivity index is 1.81. The number of nitrogens with one attached hydrogen (secondary N) is 1. The summed E-state index contributed by atoms with van der Waals surface area (Å²) >= 11 is 0. The second-order valence-corrected chi connectivity index (χ2v) is 11.9. The number of carbonyl (C=O) groups excluding carboxylic acids is 1. The summed E-state index contributed by atoms with van der Waals surface area (Å²) in [6.07, 6.45) is 0. The molecule has 4 aromatic carbocycles. The van der Waals surface area contributed by atoms with Gasteiger partial charge in [0.05, 0.1) is 22.4 Å². The summed E-state index contributed by atoms with van der Waals surface area (Å²) in [7, 11) is -9.03. The van der Waals surface area contributed by atoms with E-state index in [1.807, 2.05) is 0 Å². The SMILES string of the molecule is O=C(NC(CN(S(=O)(=O)c1ccccc1)S(=O)(=O)c1ccccc1)c1ccccc1)c1ccccc1. The number of sulfonamides is 2. The van der Waals surface area contributed by atoms with Crippen LogP contribution in [0.2, 0.25) is 0 Å². The quantitative estimate of drug-likeness (QED) is 0.356. The lowest BCUT2D eigenvalue weighted by Gasteiger charge is -2.27. The minimum Gasteiger partial charge on any atom is -0.344 e. The molecule has 0 saturated carbocycles. The molecule has 1 N–H and O–H groups in total. The summed E-state index contributed by atoms with van der Waals surface area (Å²) < 4.78 is 55.3. The largest absolute Gasteiger partial charge is 0.344 e. The number of nitrogens with zero attached hydrogens (tertiary/aromatic N) is 1. The number of hydrogen-bond acceptors (Lipinski definition) is 5. The van der Waals surface area contributed by atoms with Crippen molar-refractivity contribution in [3.8, 4) is 0 Å². The summed E-state index contributed by atoms with van der Waals surface area (Å²) in [5.41, 5.74) is 0.917. The van der Waals surface area contributed by atoms with Crippen LogP contribution in [0.3, 0.4) is 0 Å². The van der Waals surface area contributed by atoms with Gasteiger partial charge in [-0.25, -0.2) is 16.8 Å². The van der Waals surface area contributed by atoms with E-state index >= 15 is 0 Å². The minimum absolute atomic E-state index is 0.175. The van der Waals surface area contributed by atoms with E-state index < -0.39 is 38.5 Å². The van der Waals surface area contributed by atoms with Gasteiger partial charge in [-0.15, -0.1) is 0 Å². The molecule has 0 fully saturated rings. The van der Waals surface area contributed by atoms with Crippen molar-refractivity contribution in [2.24, 2.45) is 0 Å². The van der Waals surface area contributed by atoms with Gasteiger partial charge >= 0.3 is 0 Å². The molecular formula is C27H24N2O5S2. The third-order valence-electron chi connectivity index (χ3n) is 5.49. The van der Waals surface area contributed by atoms with Crippen molar-refractivity contribution in [3.63, 3.8) is 0 Å². The maximum Gasteiger partial charge on any atom is 0.256 e. The van der Waals surface area contributed by atoms with Crippen LogP contribution < -0.4 is 5.32 Å². The van der Waals surface area contributed by atoms with Gasteiger partial charge < -0.3 is 5.32 Å². The van der Waals surface area contributed by atoms with Crippen molar-refractivity contribution in [1.29, 1.82) is 0 Å². The number of benzene rings is 4. The smallest absolute Gasteiger partial charge is 0.256 e. The topological polar surface area (TPSA) is 101 Å². The molecule has 1 unspecified atom stereocenters. The Morgan fingerprint density at radius 2 is 1.00 bits per heavy atom. The van der Waals surface area contributed by atoms with Gasteiger partial charge in [-0.05, 0) is 42.0 Å². The zero-order chi connectivity index (χ0) is 25.6. The van der Waals surface area contributed by atoms with Crippen molar-refractivity contribution in [3.05, 3.63) is 132 Å². The fourth-order valence-electron chi connectivity index (χ4n) is 3.65. The second kappa shape index (κ2) is 10.9. The van der Waals surface area contributed by atoms with Crippen LogP contribution in [0.5, 0.6) is 0 Å². The van der Waals surface area contributed by atoms with Gasteiger partial charge in [-0.3, -0.25) is 4.79 Å². The van der Waals surface area contributed by atoms with Crippen LogP contribution in [0.1, 0.15) is 22.0 Å². The number of hydrogen-bond donors (Lipinski definition) is 1. The molecule has 4 aromatic rings. The molecule has 36 heavy (non-hydrogen) atoms. The molecule has 1 amide bonds. The molecule has 184 valence electrons. The highest BCUT2D eigenvalue weighted by atomic mass is 32.3. The Morgan fingerprint density at radius 1 is 0.611 bits per heavy atom. The number of carbonyl (C=O) groups is 1. The molecule has 0 heterocycles. The van der Waals surface area contributed by atoms with E-state index in [9.17, 15) is 21.6 Å². The first kappa shape index (κ1) is 25.3. The Kier molecular flexibility index (Phi) is 7.64. The van der Waals surface area contributed by atoms with Crippen LogP contribution in [-0.4, -0.2) is 33.0 Å². The third kappa shape index (κ3) is 5.54. The first-order chi connectivity index (χ1) is 17.3. The fourth-order valence-corrected chi connectivity index (χ4v) is 7.36. The maximum atomic E-state index is 13.7. The fraction of sp³-hybridized carbons (Fsp3) is 0.0741. The lowest BCUT2D eigenvalue weighted by molar-refractivity contribution is 0.0934. The Hall–Kier alpha value is -3.79. The zero-order valence-electron chi connectivity index (χ0n) is 19.1. The van der Waals surface area contributed by atoms with Crippen molar-refractivity contribution in [2.45, 2.75) is 15.8 Å². The highest BCUT2D eigenvalue weighted by Gasteiger charge is 2.39. The second-order valence-electron chi connectivity index (χ2n) is 7.89. The molecule has 0 bridgehead atoms. The van der Waals surface area contributed by atoms with E-state index in [2.05, 4.69) is 5.32 Å². The molecule has 9 heteroatoms. The highest BCUT2D eigenvalue weighted by Crippen LogP contribution is 2.28. The monoisotopic (exact) mass is 520 g/mol. The van der Waals surface area contributed by atoms with Crippen LogP contribution in [0.15, 0.2) is 131 Å². The average molecular weight is 521 g/mol. The lowest BCUT2D eigenvalue weighted by atomic mass is 10.1. The van der Waals surface area contributed by atoms with E-state index in [0.29, 0.717) is 14.8 Å². The summed E-state index contributed by atoms with van der Waals surface area (Å²) in [5.74, 6) is -0.460. The molecule has 0 aliphatic rings. The van der Waals surface area contributed by atoms with Gasteiger partial charge in [0.15, 0.2) is 0 Å². The average Bonchev–Trinajstić information content (AvgIpc) is 2.92. The standard InChI is InChI=1S/C27H24N2O5S2/c30-27(23-15-7-2-8-16-23)28-26(22-13-5-1-6-14-22)21-29(35(31,32)24-17-9-3-10-18-24)36(33,34)25-19-11-4-12-20-25/h1-20,26H,21H2,(H,28,30). The van der Waals surface area contributed by atoms with E-state index in [-0.39, 0.29) is 9.79 Å². The van der Waals surface area contributed by atoms with Gasteiger partial charge in [0.25, 0.3) is 26.0 Å². The lowest BCUT2D eigenvalue weighted by Crippen LogP contribution is -2.44. The van der Waals surface area contributed by atoms with Crippen molar-refractivity contribution < 1.29 is 21.6 Å². The molecule has 0 radical (unpaired) electrons. The zero-order valence-corrected chi connectivity index (χ0v) is 20.8. The maximum absolute atomic E-state index is 13.7. The molecule has 7 nitrogen and oxygen atoms in total. The van der Waals surface area contributed by atoms with Crippen molar-refractivity contribution in [2.75, 3.05) is 6.54 Å².